The van der Waals surface area contributed by atoms with E-state index in [4.69, 9.17) is 0 Å². The van der Waals surface area contributed by atoms with Crippen LogP contribution in [0.4, 0.5) is 0 Å². The molecular weight excluding hydrogens is 437 g/mol. The van der Waals surface area contributed by atoms with Crippen LogP contribution in [0.3, 0.4) is 0 Å². The molecule has 0 aromatic rings. The number of halogens is 1. The van der Waals surface area contributed by atoms with Gasteiger partial charge in [0, 0.05) is 44.8 Å². The highest BCUT2D eigenvalue weighted by Crippen LogP contribution is 2.28. The highest BCUT2D eigenvalue weighted by Gasteiger charge is 2.26. The molecular formula is C20H42IN5. The van der Waals surface area contributed by atoms with Crippen molar-refractivity contribution in [3.63, 3.8) is 0 Å². The van der Waals surface area contributed by atoms with Crippen molar-refractivity contribution in [1.82, 2.24) is 20.4 Å². The first-order valence-corrected chi connectivity index (χ1v) is 10.4. The number of hydrogen-bond donors (Lipinski definition) is 2. The summed E-state index contributed by atoms with van der Waals surface area (Å²) in [5, 5.41) is 7.27. The average molecular weight is 479 g/mol. The summed E-state index contributed by atoms with van der Waals surface area (Å²) in [4.78, 5) is 9.44. The standard InChI is InChI=1S/C20H41N5.HI/c1-16(2)25-13-11-18(12-14-25)23-20(21-3)22-15-19(24(4)5)17-9-7-6-8-10-17;/h16-19H,6-15H2,1-5H3,(H2,21,22,23);1H. The average Bonchev–Trinajstić information content (AvgIpc) is 2.62. The maximum absolute atomic E-state index is 4.48. The summed E-state index contributed by atoms with van der Waals surface area (Å²) in [7, 11) is 6.33. The van der Waals surface area contributed by atoms with E-state index >= 15 is 0 Å². The van der Waals surface area contributed by atoms with E-state index < -0.39 is 0 Å². The first-order chi connectivity index (χ1) is 12.0. The molecule has 1 aliphatic carbocycles. The molecule has 0 radical (unpaired) electrons. The van der Waals surface area contributed by atoms with Crippen LogP contribution in [0.15, 0.2) is 4.99 Å². The summed E-state index contributed by atoms with van der Waals surface area (Å²) in [5.74, 6) is 1.80. The summed E-state index contributed by atoms with van der Waals surface area (Å²) in [6, 6.07) is 1.81. The molecule has 0 spiro atoms. The number of piperidine rings is 1. The van der Waals surface area contributed by atoms with Crippen molar-refractivity contribution in [1.29, 1.82) is 0 Å². The molecule has 2 aliphatic rings. The smallest absolute Gasteiger partial charge is 0.191 e. The molecule has 1 saturated carbocycles. The van der Waals surface area contributed by atoms with Crippen LogP contribution in [0, 0.1) is 5.92 Å². The number of likely N-dealkylation sites (N-methyl/N-ethyl adjacent to an activating group) is 1. The number of nitrogens with one attached hydrogen (secondary N) is 2. The van der Waals surface area contributed by atoms with Crippen molar-refractivity contribution < 1.29 is 0 Å². The summed E-state index contributed by atoms with van der Waals surface area (Å²) in [5.41, 5.74) is 0. The minimum absolute atomic E-state index is 0. The lowest BCUT2D eigenvalue weighted by molar-refractivity contribution is 0.165. The Morgan fingerprint density at radius 1 is 1.08 bits per heavy atom. The molecule has 1 unspecified atom stereocenters. The summed E-state index contributed by atoms with van der Waals surface area (Å²) in [6.45, 7) is 7.95. The SMILES string of the molecule is CN=C(NCC(C1CCCCC1)N(C)C)NC1CCN(C(C)C)CC1.I. The zero-order valence-corrected chi connectivity index (χ0v) is 20.0. The van der Waals surface area contributed by atoms with Crippen molar-refractivity contribution in [2.75, 3.05) is 40.8 Å². The lowest BCUT2D eigenvalue weighted by atomic mass is 9.83. The van der Waals surface area contributed by atoms with E-state index in [1.165, 1.54) is 58.0 Å². The Morgan fingerprint density at radius 3 is 2.19 bits per heavy atom. The van der Waals surface area contributed by atoms with Gasteiger partial charge in [0.2, 0.25) is 0 Å². The topological polar surface area (TPSA) is 42.9 Å². The predicted molar refractivity (Wildman–Crippen MR) is 124 cm³/mol. The van der Waals surface area contributed by atoms with Crippen LogP contribution in [-0.4, -0.2) is 74.7 Å². The zero-order chi connectivity index (χ0) is 18.2. The van der Waals surface area contributed by atoms with Gasteiger partial charge in [0.15, 0.2) is 5.96 Å². The van der Waals surface area contributed by atoms with Gasteiger partial charge in [-0.05, 0) is 59.5 Å². The fourth-order valence-corrected chi connectivity index (χ4v) is 4.44. The van der Waals surface area contributed by atoms with Gasteiger partial charge in [-0.2, -0.15) is 0 Å². The van der Waals surface area contributed by atoms with Gasteiger partial charge in [0.25, 0.3) is 0 Å². The number of guanidine groups is 1. The third-order valence-corrected chi connectivity index (χ3v) is 6.16. The Hall–Kier alpha value is -0.0800. The Kier molecular flexibility index (Phi) is 11.4. The number of likely N-dealkylation sites (tertiary alicyclic amines) is 1. The van der Waals surface area contributed by atoms with Crippen molar-refractivity contribution in [2.24, 2.45) is 10.9 Å². The zero-order valence-electron chi connectivity index (χ0n) is 17.6. The maximum atomic E-state index is 4.48. The van der Waals surface area contributed by atoms with Crippen LogP contribution < -0.4 is 10.6 Å². The highest BCUT2D eigenvalue weighted by atomic mass is 127. The van der Waals surface area contributed by atoms with Crippen molar-refractivity contribution in [2.45, 2.75) is 76.9 Å². The minimum Gasteiger partial charge on any atom is -0.355 e. The fraction of sp³-hybridized carbons (Fsp3) is 0.950. The van der Waals surface area contributed by atoms with E-state index in [0.717, 1.165) is 18.4 Å². The second-order valence-corrected chi connectivity index (χ2v) is 8.43. The number of aliphatic imine (C=N–C) groups is 1. The number of hydrogen-bond acceptors (Lipinski definition) is 3. The van der Waals surface area contributed by atoms with Gasteiger partial charge >= 0.3 is 0 Å². The third-order valence-electron chi connectivity index (χ3n) is 6.16. The van der Waals surface area contributed by atoms with Gasteiger partial charge in [-0.1, -0.05) is 19.3 Å². The second kappa shape index (κ2) is 12.4. The van der Waals surface area contributed by atoms with Gasteiger partial charge in [0.05, 0.1) is 0 Å². The molecule has 1 saturated heterocycles. The Morgan fingerprint density at radius 2 is 1.69 bits per heavy atom. The molecule has 1 aliphatic heterocycles. The predicted octanol–water partition coefficient (Wildman–Crippen LogP) is 3.15. The fourth-order valence-electron chi connectivity index (χ4n) is 4.44. The van der Waals surface area contributed by atoms with E-state index in [0.29, 0.717) is 18.1 Å². The van der Waals surface area contributed by atoms with Crippen molar-refractivity contribution >= 4 is 29.9 Å². The first kappa shape index (κ1) is 24.0. The molecule has 1 heterocycles. The number of nitrogens with zero attached hydrogens (tertiary/aromatic N) is 3. The van der Waals surface area contributed by atoms with Crippen LogP contribution >= 0.6 is 24.0 Å². The lowest BCUT2D eigenvalue weighted by Gasteiger charge is -2.37. The molecule has 2 N–H and O–H groups in total. The summed E-state index contributed by atoms with van der Waals surface area (Å²) >= 11 is 0. The van der Waals surface area contributed by atoms with E-state index in [2.05, 4.69) is 53.4 Å². The minimum atomic E-state index is 0. The van der Waals surface area contributed by atoms with Gasteiger partial charge in [0.1, 0.15) is 0 Å². The second-order valence-electron chi connectivity index (χ2n) is 8.43. The van der Waals surface area contributed by atoms with Gasteiger partial charge in [-0.15, -0.1) is 24.0 Å². The van der Waals surface area contributed by atoms with Gasteiger partial charge in [-0.25, -0.2) is 0 Å². The Balaban J connectivity index is 0.00000338. The van der Waals surface area contributed by atoms with E-state index in [1.807, 2.05) is 7.05 Å². The lowest BCUT2D eigenvalue weighted by Crippen LogP contribution is -2.52. The molecule has 0 aromatic carbocycles. The molecule has 6 heteroatoms. The van der Waals surface area contributed by atoms with Crippen LogP contribution in [0.25, 0.3) is 0 Å². The van der Waals surface area contributed by atoms with Crippen LogP contribution in [0.5, 0.6) is 0 Å². The third kappa shape index (κ3) is 7.50. The molecule has 2 rings (SSSR count). The molecule has 5 nitrogen and oxygen atoms in total. The molecule has 154 valence electrons. The largest absolute Gasteiger partial charge is 0.355 e. The van der Waals surface area contributed by atoms with E-state index in [1.54, 1.807) is 0 Å². The van der Waals surface area contributed by atoms with E-state index in [-0.39, 0.29) is 24.0 Å². The normalized spacial score (nSPS) is 22.3. The number of rotatable bonds is 6. The molecule has 1 atom stereocenters. The molecule has 26 heavy (non-hydrogen) atoms. The van der Waals surface area contributed by atoms with E-state index in [9.17, 15) is 0 Å². The van der Waals surface area contributed by atoms with Gasteiger partial charge in [-0.3, -0.25) is 4.99 Å². The van der Waals surface area contributed by atoms with Crippen LogP contribution in [-0.2, 0) is 0 Å². The monoisotopic (exact) mass is 479 g/mol. The van der Waals surface area contributed by atoms with Crippen LogP contribution in [0.1, 0.15) is 58.8 Å². The molecule has 0 aromatic heterocycles. The Labute approximate surface area is 178 Å². The Bertz CT molecular complexity index is 399. The maximum Gasteiger partial charge on any atom is 0.191 e. The summed E-state index contributed by atoms with van der Waals surface area (Å²) < 4.78 is 0. The highest BCUT2D eigenvalue weighted by molar-refractivity contribution is 14.0. The van der Waals surface area contributed by atoms with Crippen LogP contribution in [0.2, 0.25) is 0 Å². The van der Waals surface area contributed by atoms with Crippen molar-refractivity contribution in [3.8, 4) is 0 Å². The van der Waals surface area contributed by atoms with Gasteiger partial charge < -0.3 is 20.4 Å². The molecule has 0 amide bonds. The summed E-state index contributed by atoms with van der Waals surface area (Å²) in [6.07, 6.45) is 9.39. The quantitative estimate of drug-likeness (QED) is 0.349. The van der Waals surface area contributed by atoms with Crippen molar-refractivity contribution in [3.05, 3.63) is 0 Å². The molecule has 2 fully saturated rings. The first-order valence-electron chi connectivity index (χ1n) is 10.4. The molecule has 0 bridgehead atoms.